The van der Waals surface area contributed by atoms with Crippen LogP contribution in [0.2, 0.25) is 0 Å². The van der Waals surface area contributed by atoms with Crippen LogP contribution < -0.4 is 11.5 Å². The van der Waals surface area contributed by atoms with Gasteiger partial charge in [0.2, 0.25) is 0 Å². The van der Waals surface area contributed by atoms with Crippen LogP contribution in [0.4, 0.5) is 0 Å². The molecule has 6 nitrogen and oxygen atoms in total. The molecule has 0 fully saturated rings. The standard InChI is InChI=1S/C10H14N2O4/c1-15-9(13)5-3-8(12)6(4-7(5)11)10(14)16-2/h3-4,11-12H2,1-2H3. The lowest BCUT2D eigenvalue weighted by molar-refractivity contribution is -0.137. The van der Waals surface area contributed by atoms with E-state index >= 15 is 0 Å². The molecule has 0 aromatic heterocycles. The zero-order valence-corrected chi connectivity index (χ0v) is 9.20. The Morgan fingerprint density at radius 2 is 1.25 bits per heavy atom. The van der Waals surface area contributed by atoms with E-state index < -0.39 is 11.9 Å². The van der Waals surface area contributed by atoms with Crippen molar-refractivity contribution in [1.82, 2.24) is 0 Å². The molecule has 0 aromatic rings. The fourth-order valence-corrected chi connectivity index (χ4v) is 1.47. The molecule has 16 heavy (non-hydrogen) atoms. The molecule has 0 spiro atoms. The zero-order valence-electron chi connectivity index (χ0n) is 9.20. The first-order valence-corrected chi connectivity index (χ1v) is 4.62. The number of methoxy groups -OCH3 is 2. The van der Waals surface area contributed by atoms with Crippen LogP contribution >= 0.6 is 0 Å². The number of carbonyl (C=O) groups is 2. The van der Waals surface area contributed by atoms with Gasteiger partial charge in [-0.3, -0.25) is 0 Å². The smallest absolute Gasteiger partial charge is 0.335 e. The molecule has 0 amide bonds. The van der Waals surface area contributed by atoms with Gasteiger partial charge in [0, 0.05) is 24.2 Å². The Morgan fingerprint density at radius 1 is 0.938 bits per heavy atom. The summed E-state index contributed by atoms with van der Waals surface area (Å²) >= 11 is 0. The second-order valence-corrected chi connectivity index (χ2v) is 3.34. The van der Waals surface area contributed by atoms with Crippen LogP contribution in [-0.4, -0.2) is 26.2 Å². The topological polar surface area (TPSA) is 105 Å². The van der Waals surface area contributed by atoms with Crippen molar-refractivity contribution in [2.24, 2.45) is 11.5 Å². The molecule has 0 saturated heterocycles. The number of allylic oxidation sites excluding steroid dienone is 2. The maximum Gasteiger partial charge on any atom is 0.335 e. The second kappa shape index (κ2) is 4.69. The summed E-state index contributed by atoms with van der Waals surface area (Å²) < 4.78 is 9.12. The Hall–Kier alpha value is -1.98. The quantitative estimate of drug-likeness (QED) is 0.618. The SMILES string of the molecule is COC(=O)C1=C(N)CC(C(=O)OC)=C(N)C1. The van der Waals surface area contributed by atoms with Crippen LogP contribution in [0.15, 0.2) is 22.5 Å². The average molecular weight is 226 g/mol. The van der Waals surface area contributed by atoms with Crippen LogP contribution in [0, 0.1) is 0 Å². The van der Waals surface area contributed by atoms with E-state index in [0.717, 1.165) is 0 Å². The molecule has 0 saturated carbocycles. The number of hydrogen-bond donors (Lipinski definition) is 2. The first-order valence-electron chi connectivity index (χ1n) is 4.62. The van der Waals surface area contributed by atoms with Gasteiger partial charge in [0.05, 0.1) is 25.4 Å². The van der Waals surface area contributed by atoms with Crippen molar-refractivity contribution in [2.45, 2.75) is 12.8 Å². The summed E-state index contributed by atoms with van der Waals surface area (Å²) in [5, 5.41) is 0. The van der Waals surface area contributed by atoms with Crippen molar-refractivity contribution in [3.8, 4) is 0 Å². The third-order valence-corrected chi connectivity index (χ3v) is 2.37. The number of nitrogens with two attached hydrogens (primary N) is 2. The molecule has 0 heterocycles. The number of esters is 2. The first kappa shape index (κ1) is 12.1. The lowest BCUT2D eigenvalue weighted by atomic mass is 9.93. The molecule has 0 atom stereocenters. The van der Waals surface area contributed by atoms with Gasteiger partial charge in [-0.1, -0.05) is 0 Å². The number of hydrogen-bond acceptors (Lipinski definition) is 6. The van der Waals surface area contributed by atoms with Crippen LogP contribution in [0.1, 0.15) is 12.8 Å². The molecule has 1 aliphatic rings. The van der Waals surface area contributed by atoms with E-state index in [-0.39, 0.29) is 12.8 Å². The van der Waals surface area contributed by atoms with Gasteiger partial charge in [0.25, 0.3) is 0 Å². The van der Waals surface area contributed by atoms with Crippen molar-refractivity contribution in [1.29, 1.82) is 0 Å². The molecule has 0 bridgehead atoms. The predicted octanol–water partition coefficient (Wildman–Crippen LogP) is -0.448. The lowest BCUT2D eigenvalue weighted by Gasteiger charge is -2.19. The van der Waals surface area contributed by atoms with E-state index in [1.807, 2.05) is 0 Å². The molecule has 6 heteroatoms. The summed E-state index contributed by atoms with van der Waals surface area (Å²) in [4.78, 5) is 22.6. The number of rotatable bonds is 2. The van der Waals surface area contributed by atoms with Gasteiger partial charge in [-0.05, 0) is 0 Å². The van der Waals surface area contributed by atoms with Crippen molar-refractivity contribution < 1.29 is 19.1 Å². The molecule has 0 radical (unpaired) electrons. The summed E-state index contributed by atoms with van der Waals surface area (Å²) in [6.07, 6.45) is 0.228. The largest absolute Gasteiger partial charge is 0.466 e. The minimum atomic E-state index is -0.524. The summed E-state index contributed by atoms with van der Waals surface area (Å²) in [6.45, 7) is 0. The molecule has 0 aliphatic heterocycles. The molecular weight excluding hydrogens is 212 g/mol. The molecular formula is C10H14N2O4. The lowest BCUT2D eigenvalue weighted by Crippen LogP contribution is -2.24. The summed E-state index contributed by atoms with van der Waals surface area (Å²) in [7, 11) is 2.52. The molecule has 0 unspecified atom stereocenters. The van der Waals surface area contributed by atoms with Gasteiger partial charge in [-0.2, -0.15) is 0 Å². The summed E-state index contributed by atoms with van der Waals surface area (Å²) in [5.41, 5.74) is 12.5. The fraction of sp³-hybridized carbons (Fsp3) is 0.400. The Labute approximate surface area is 92.9 Å². The maximum absolute atomic E-state index is 11.3. The fourth-order valence-electron chi connectivity index (χ4n) is 1.47. The van der Waals surface area contributed by atoms with Crippen LogP contribution in [-0.2, 0) is 19.1 Å². The van der Waals surface area contributed by atoms with E-state index in [9.17, 15) is 9.59 Å². The normalized spacial score (nSPS) is 16.1. The molecule has 88 valence electrons. The van der Waals surface area contributed by atoms with Crippen molar-refractivity contribution in [3.63, 3.8) is 0 Å². The Kier molecular flexibility index (Phi) is 3.55. The molecule has 4 N–H and O–H groups in total. The van der Waals surface area contributed by atoms with E-state index in [1.54, 1.807) is 0 Å². The van der Waals surface area contributed by atoms with E-state index in [4.69, 9.17) is 11.5 Å². The highest BCUT2D eigenvalue weighted by Gasteiger charge is 2.26. The van der Waals surface area contributed by atoms with Crippen molar-refractivity contribution in [3.05, 3.63) is 22.5 Å². The molecule has 0 aromatic carbocycles. The second-order valence-electron chi connectivity index (χ2n) is 3.34. The maximum atomic E-state index is 11.3. The van der Waals surface area contributed by atoms with Gasteiger partial charge in [0.15, 0.2) is 0 Å². The average Bonchev–Trinajstić information content (AvgIpc) is 2.29. The van der Waals surface area contributed by atoms with Gasteiger partial charge in [0.1, 0.15) is 0 Å². The third kappa shape index (κ3) is 2.16. The van der Waals surface area contributed by atoms with E-state index in [1.165, 1.54) is 14.2 Å². The van der Waals surface area contributed by atoms with Crippen LogP contribution in [0.5, 0.6) is 0 Å². The highest BCUT2D eigenvalue weighted by atomic mass is 16.5. The number of ether oxygens (including phenoxy) is 2. The molecule has 1 rings (SSSR count). The highest BCUT2D eigenvalue weighted by molar-refractivity contribution is 5.94. The zero-order chi connectivity index (χ0) is 12.3. The van der Waals surface area contributed by atoms with Gasteiger partial charge < -0.3 is 20.9 Å². The third-order valence-electron chi connectivity index (χ3n) is 2.37. The minimum absolute atomic E-state index is 0.114. The summed E-state index contributed by atoms with van der Waals surface area (Å²) in [5.74, 6) is -1.05. The predicted molar refractivity (Wildman–Crippen MR) is 55.7 cm³/mol. The minimum Gasteiger partial charge on any atom is -0.466 e. The Bertz CT molecular complexity index is 358. The van der Waals surface area contributed by atoms with E-state index in [2.05, 4.69) is 9.47 Å². The van der Waals surface area contributed by atoms with Crippen molar-refractivity contribution in [2.75, 3.05) is 14.2 Å². The molecule has 1 aliphatic carbocycles. The van der Waals surface area contributed by atoms with Crippen LogP contribution in [0.25, 0.3) is 0 Å². The van der Waals surface area contributed by atoms with Gasteiger partial charge in [-0.15, -0.1) is 0 Å². The Balaban J connectivity index is 2.96. The van der Waals surface area contributed by atoms with Crippen molar-refractivity contribution >= 4 is 11.9 Å². The first-order chi connectivity index (χ1) is 7.51. The number of carbonyl (C=O) groups excluding carboxylic acids is 2. The monoisotopic (exact) mass is 226 g/mol. The highest BCUT2D eigenvalue weighted by Crippen LogP contribution is 2.26. The van der Waals surface area contributed by atoms with Gasteiger partial charge >= 0.3 is 11.9 Å². The van der Waals surface area contributed by atoms with Crippen LogP contribution in [0.3, 0.4) is 0 Å². The van der Waals surface area contributed by atoms with Gasteiger partial charge in [-0.25, -0.2) is 9.59 Å². The van der Waals surface area contributed by atoms with E-state index in [0.29, 0.717) is 22.5 Å². The summed E-state index contributed by atoms with van der Waals surface area (Å²) in [6, 6.07) is 0. The Morgan fingerprint density at radius 3 is 1.50 bits per heavy atom.